The molecule has 1 aliphatic rings. The lowest BCUT2D eigenvalue weighted by atomic mass is 10.4. The zero-order valence-electron chi connectivity index (χ0n) is 4.72. The maximum absolute atomic E-state index is 11.5. The molecule has 0 aliphatic heterocycles. The lowest BCUT2D eigenvalue weighted by Crippen LogP contribution is -1.85. The first-order valence-corrected chi connectivity index (χ1v) is 4.01. The van der Waals surface area contributed by atoms with E-state index in [2.05, 4.69) is 4.36 Å². The van der Waals surface area contributed by atoms with Crippen LogP contribution in [-0.2, 0) is 10.5 Å². The summed E-state index contributed by atoms with van der Waals surface area (Å²) < 4.78 is 35.3. The summed E-state index contributed by atoms with van der Waals surface area (Å²) in [6, 6.07) is 0. The number of rotatable bonds is 2. The average Bonchev–Trinajstić information content (AvgIpc) is 2.38. The van der Waals surface area contributed by atoms with E-state index < -0.39 is 10.5 Å². The van der Waals surface area contributed by atoms with E-state index in [1.807, 2.05) is 0 Å². The summed E-state index contributed by atoms with van der Waals surface area (Å²) >= 11 is 0. The van der Waals surface area contributed by atoms with Gasteiger partial charge in [-0.15, -0.1) is 0 Å². The minimum atomic E-state index is -4.80. The smallest absolute Gasteiger partial charge is 0.182 e. The topological polar surface area (TPSA) is 29.4 Å². The molecule has 1 rings (SSSR count). The molecule has 9 heavy (non-hydrogen) atoms. The van der Waals surface area contributed by atoms with Gasteiger partial charge in [0.15, 0.2) is 0 Å². The molecule has 54 valence electrons. The predicted octanol–water partition coefficient (Wildman–Crippen LogP) is 1.63. The van der Waals surface area contributed by atoms with Gasteiger partial charge >= 0.3 is 10.5 Å². The van der Waals surface area contributed by atoms with Crippen LogP contribution in [0.5, 0.6) is 0 Å². The van der Waals surface area contributed by atoms with E-state index in [0.717, 1.165) is 12.8 Å². The zero-order chi connectivity index (χ0) is 6.91. The first kappa shape index (κ1) is 6.92. The highest BCUT2D eigenvalue weighted by Crippen LogP contribution is 2.29. The van der Waals surface area contributed by atoms with Crippen molar-refractivity contribution in [2.24, 2.45) is 10.3 Å². The van der Waals surface area contributed by atoms with Crippen LogP contribution in [0.4, 0.5) is 7.77 Å². The Kier molecular flexibility index (Phi) is 1.70. The van der Waals surface area contributed by atoms with Crippen molar-refractivity contribution in [2.75, 3.05) is 6.54 Å². The van der Waals surface area contributed by atoms with Gasteiger partial charge in [-0.2, -0.15) is 8.57 Å². The van der Waals surface area contributed by atoms with E-state index in [4.69, 9.17) is 0 Å². The molecule has 1 fully saturated rings. The van der Waals surface area contributed by atoms with Gasteiger partial charge < -0.3 is 0 Å². The number of hydrogen-bond donors (Lipinski definition) is 0. The summed E-state index contributed by atoms with van der Waals surface area (Å²) in [6.45, 7) is 0.0752. The third-order valence-electron chi connectivity index (χ3n) is 1.18. The average molecular weight is 155 g/mol. The minimum Gasteiger partial charge on any atom is -0.182 e. The van der Waals surface area contributed by atoms with Gasteiger partial charge in [-0.3, -0.25) is 0 Å². The molecule has 0 radical (unpaired) electrons. The fourth-order valence-corrected chi connectivity index (χ4v) is 0.877. The fourth-order valence-electron chi connectivity index (χ4n) is 0.493. The van der Waals surface area contributed by atoms with Crippen molar-refractivity contribution in [3.05, 3.63) is 0 Å². The maximum Gasteiger partial charge on any atom is 0.366 e. The highest BCUT2D eigenvalue weighted by atomic mass is 32.3. The second-order valence-electron chi connectivity index (χ2n) is 2.15. The van der Waals surface area contributed by atoms with Crippen LogP contribution in [0.15, 0.2) is 4.36 Å². The molecule has 0 aromatic heterocycles. The molecule has 0 aromatic carbocycles. The molecule has 0 spiro atoms. The van der Waals surface area contributed by atoms with Crippen LogP contribution in [0.2, 0.25) is 0 Å². The van der Waals surface area contributed by atoms with Crippen LogP contribution in [0, 0.1) is 5.92 Å². The molecule has 0 aromatic rings. The highest BCUT2D eigenvalue weighted by Gasteiger charge is 2.21. The molecule has 0 heterocycles. The van der Waals surface area contributed by atoms with E-state index in [1.165, 1.54) is 0 Å². The molecule has 1 aliphatic carbocycles. The molecule has 0 amide bonds. The summed E-state index contributed by atoms with van der Waals surface area (Å²) in [5.74, 6) is 0.289. The van der Waals surface area contributed by atoms with Gasteiger partial charge in [0.25, 0.3) is 0 Å². The molecular formula is C4H7F2NOS. The van der Waals surface area contributed by atoms with E-state index in [9.17, 15) is 12.0 Å². The Labute approximate surface area is 53.0 Å². The van der Waals surface area contributed by atoms with E-state index in [1.54, 1.807) is 0 Å². The Bertz CT molecular complexity index is 197. The largest absolute Gasteiger partial charge is 0.366 e. The summed E-state index contributed by atoms with van der Waals surface area (Å²) in [6.07, 6.45) is 1.91. The highest BCUT2D eigenvalue weighted by molar-refractivity contribution is 7.83. The molecule has 0 bridgehead atoms. The quantitative estimate of drug-likeness (QED) is 0.557. The molecule has 0 unspecified atom stereocenters. The van der Waals surface area contributed by atoms with Gasteiger partial charge in [-0.1, -0.05) is 7.77 Å². The van der Waals surface area contributed by atoms with E-state index in [-0.39, 0.29) is 12.5 Å². The molecule has 5 heteroatoms. The van der Waals surface area contributed by atoms with Crippen LogP contribution in [0.1, 0.15) is 12.8 Å². The molecule has 0 saturated heterocycles. The first-order valence-electron chi connectivity index (χ1n) is 2.70. The maximum atomic E-state index is 11.5. The van der Waals surface area contributed by atoms with Crippen molar-refractivity contribution >= 4 is 10.5 Å². The second-order valence-corrected chi connectivity index (χ2v) is 3.20. The summed E-state index contributed by atoms with van der Waals surface area (Å²) in [4.78, 5) is 0. The van der Waals surface area contributed by atoms with Gasteiger partial charge in [0.05, 0.1) is 6.54 Å². The Hall–Kier alpha value is -0.190. The van der Waals surface area contributed by atoms with E-state index >= 15 is 0 Å². The van der Waals surface area contributed by atoms with Crippen molar-refractivity contribution in [1.29, 1.82) is 0 Å². The lowest BCUT2D eigenvalue weighted by Gasteiger charge is -1.84. The Balaban J connectivity index is 2.38. The zero-order valence-corrected chi connectivity index (χ0v) is 5.53. The normalized spacial score (nSPS) is 19.8. The fraction of sp³-hybridized carbons (Fsp3) is 1.00. The summed E-state index contributed by atoms with van der Waals surface area (Å²) in [5, 5.41) is 0. The van der Waals surface area contributed by atoms with Crippen molar-refractivity contribution in [1.82, 2.24) is 0 Å². The van der Waals surface area contributed by atoms with Gasteiger partial charge in [0, 0.05) is 0 Å². The van der Waals surface area contributed by atoms with Gasteiger partial charge in [-0.25, -0.2) is 0 Å². The summed E-state index contributed by atoms with van der Waals surface area (Å²) in [7, 11) is -4.80. The number of nitrogens with zero attached hydrogens (tertiary/aromatic N) is 1. The van der Waals surface area contributed by atoms with Crippen molar-refractivity contribution in [2.45, 2.75) is 12.8 Å². The third kappa shape index (κ3) is 3.40. The molecule has 0 N–H and O–H groups in total. The van der Waals surface area contributed by atoms with Crippen LogP contribution >= 0.6 is 0 Å². The minimum absolute atomic E-state index is 0.0752. The van der Waals surface area contributed by atoms with Crippen molar-refractivity contribution in [3.63, 3.8) is 0 Å². The van der Waals surface area contributed by atoms with Crippen LogP contribution in [0.25, 0.3) is 0 Å². The number of hydrogen-bond acceptors (Lipinski definition) is 2. The second kappa shape index (κ2) is 2.21. The monoisotopic (exact) mass is 155 g/mol. The molecule has 0 atom stereocenters. The standard InChI is InChI=1S/C4H7F2NOS/c5-9(6,8)7-3-4-1-2-4/h4H,1-3H2. The van der Waals surface area contributed by atoms with Crippen molar-refractivity contribution in [3.8, 4) is 0 Å². The van der Waals surface area contributed by atoms with Crippen LogP contribution in [-0.4, -0.2) is 10.8 Å². The van der Waals surface area contributed by atoms with E-state index in [0.29, 0.717) is 0 Å². The lowest BCUT2D eigenvalue weighted by molar-refractivity contribution is 0.582. The van der Waals surface area contributed by atoms with Crippen LogP contribution < -0.4 is 0 Å². The van der Waals surface area contributed by atoms with Gasteiger partial charge in [0.1, 0.15) is 0 Å². The van der Waals surface area contributed by atoms with Gasteiger partial charge in [-0.05, 0) is 18.8 Å². The third-order valence-corrected chi connectivity index (χ3v) is 1.63. The van der Waals surface area contributed by atoms with Gasteiger partial charge in [0.2, 0.25) is 0 Å². The number of halogens is 2. The Morgan fingerprint density at radius 2 is 2.11 bits per heavy atom. The molecule has 1 saturated carbocycles. The predicted molar refractivity (Wildman–Crippen MR) is 30.4 cm³/mol. The molecular weight excluding hydrogens is 148 g/mol. The summed E-state index contributed by atoms with van der Waals surface area (Å²) in [5.41, 5.74) is 0. The Morgan fingerprint density at radius 3 is 2.44 bits per heavy atom. The first-order chi connectivity index (χ1) is 4.08. The Morgan fingerprint density at radius 1 is 1.56 bits per heavy atom. The van der Waals surface area contributed by atoms with Crippen LogP contribution in [0.3, 0.4) is 0 Å². The SMILES string of the molecule is O=S(F)(F)=NCC1CC1. The molecule has 2 nitrogen and oxygen atoms in total. The van der Waals surface area contributed by atoms with Crippen molar-refractivity contribution < 1.29 is 12.0 Å².